The number of sulfonamides is 1. The highest BCUT2D eigenvalue weighted by Gasteiger charge is 2.33. The monoisotopic (exact) mass is 604 g/mol. The predicted molar refractivity (Wildman–Crippen MR) is 154 cm³/mol. The fourth-order valence-electron chi connectivity index (χ4n) is 5.34. The van der Waals surface area contributed by atoms with Gasteiger partial charge in [0.1, 0.15) is 5.00 Å². The highest BCUT2D eigenvalue weighted by atomic mass is 32.2. The molecule has 3 aliphatic heterocycles. The van der Waals surface area contributed by atoms with Crippen molar-refractivity contribution in [2.24, 2.45) is 5.92 Å². The number of morpholine rings is 1. The number of rotatable bonds is 6. The first kappa shape index (κ1) is 29.5. The van der Waals surface area contributed by atoms with Gasteiger partial charge in [-0.05, 0) is 61.9 Å². The Morgan fingerprint density at radius 2 is 1.71 bits per heavy atom. The van der Waals surface area contributed by atoms with Crippen molar-refractivity contribution in [1.82, 2.24) is 14.1 Å². The van der Waals surface area contributed by atoms with Crippen LogP contribution in [0.4, 0.5) is 9.80 Å². The van der Waals surface area contributed by atoms with Gasteiger partial charge in [0.15, 0.2) is 0 Å². The Labute approximate surface area is 244 Å². The molecule has 0 aliphatic carbocycles. The van der Waals surface area contributed by atoms with Crippen LogP contribution in [0.5, 0.6) is 0 Å². The summed E-state index contributed by atoms with van der Waals surface area (Å²) in [5, 5.41) is 3.32. The number of amides is 3. The lowest BCUT2D eigenvalue weighted by Crippen LogP contribution is -2.41. The first-order chi connectivity index (χ1) is 19.7. The van der Waals surface area contributed by atoms with E-state index in [-0.39, 0.29) is 23.0 Å². The van der Waals surface area contributed by atoms with Crippen molar-refractivity contribution in [1.29, 1.82) is 0 Å². The van der Waals surface area contributed by atoms with Gasteiger partial charge < -0.3 is 24.6 Å². The second-order valence-corrected chi connectivity index (χ2v) is 13.6. The smallest absolute Gasteiger partial charge is 0.410 e. The maximum Gasteiger partial charge on any atom is 0.410 e. The number of fused-ring (bicyclic) bond motifs is 1. The summed E-state index contributed by atoms with van der Waals surface area (Å²) in [5.74, 6) is -0.121. The Kier molecular flexibility index (Phi) is 8.97. The molecule has 13 heteroatoms. The predicted octanol–water partition coefficient (Wildman–Crippen LogP) is 3.41. The molecule has 1 aromatic heterocycles. The molecule has 2 fully saturated rings. The molecule has 41 heavy (non-hydrogen) atoms. The van der Waals surface area contributed by atoms with Crippen LogP contribution in [-0.2, 0) is 32.5 Å². The third-order valence-electron chi connectivity index (χ3n) is 7.82. The number of hydrogen-bond acceptors (Lipinski definition) is 8. The zero-order chi connectivity index (χ0) is 29.1. The average Bonchev–Trinajstić information content (AvgIpc) is 3.34. The highest BCUT2D eigenvalue weighted by Crippen LogP contribution is 2.38. The molecular weight excluding hydrogens is 568 g/mol. The van der Waals surface area contributed by atoms with E-state index in [1.807, 2.05) is 0 Å². The second kappa shape index (κ2) is 12.5. The molecule has 0 spiro atoms. The molecule has 0 bridgehead atoms. The van der Waals surface area contributed by atoms with Gasteiger partial charge >= 0.3 is 6.09 Å². The number of piperidine rings is 1. The van der Waals surface area contributed by atoms with Gasteiger partial charge in [0.05, 0.1) is 36.8 Å². The fourth-order valence-corrected chi connectivity index (χ4v) is 8.06. The summed E-state index contributed by atoms with van der Waals surface area (Å²) in [6.07, 6.45) is 1.71. The molecule has 0 unspecified atom stereocenters. The lowest BCUT2D eigenvalue weighted by molar-refractivity contribution is 0.0303. The van der Waals surface area contributed by atoms with E-state index in [0.29, 0.717) is 75.4 Å². The van der Waals surface area contributed by atoms with E-state index in [9.17, 15) is 22.8 Å². The van der Waals surface area contributed by atoms with Crippen molar-refractivity contribution in [2.75, 3.05) is 57.9 Å². The van der Waals surface area contributed by atoms with Crippen LogP contribution in [-0.4, -0.2) is 93.0 Å². The molecule has 0 saturated carbocycles. The Morgan fingerprint density at radius 1 is 1.02 bits per heavy atom. The van der Waals surface area contributed by atoms with Gasteiger partial charge in [0.2, 0.25) is 10.0 Å². The first-order valence-corrected chi connectivity index (χ1v) is 16.3. The molecule has 3 aliphatic rings. The summed E-state index contributed by atoms with van der Waals surface area (Å²) in [5.41, 5.74) is 1.56. The lowest BCUT2D eigenvalue weighted by atomic mass is 10.0. The zero-order valence-electron chi connectivity index (χ0n) is 23.4. The third kappa shape index (κ3) is 6.27. The Hall–Kier alpha value is -3.00. The largest absolute Gasteiger partial charge is 0.450 e. The van der Waals surface area contributed by atoms with E-state index in [0.717, 1.165) is 23.3 Å². The Balaban J connectivity index is 1.37. The quantitative estimate of drug-likeness (QED) is 0.536. The maximum absolute atomic E-state index is 13.7. The molecule has 0 atom stereocenters. The van der Waals surface area contributed by atoms with Crippen LogP contribution < -0.4 is 5.32 Å². The zero-order valence-corrected chi connectivity index (χ0v) is 25.0. The van der Waals surface area contributed by atoms with Crippen molar-refractivity contribution in [3.05, 3.63) is 45.8 Å². The minimum Gasteiger partial charge on any atom is -0.450 e. The van der Waals surface area contributed by atoms with Crippen LogP contribution in [0.1, 0.15) is 57.8 Å². The van der Waals surface area contributed by atoms with Crippen LogP contribution in [0.2, 0.25) is 0 Å². The maximum atomic E-state index is 13.7. The van der Waals surface area contributed by atoms with Crippen molar-refractivity contribution in [3.63, 3.8) is 0 Å². The van der Waals surface area contributed by atoms with Gasteiger partial charge in [0.25, 0.3) is 11.8 Å². The van der Waals surface area contributed by atoms with Crippen LogP contribution >= 0.6 is 11.3 Å². The van der Waals surface area contributed by atoms with Crippen molar-refractivity contribution < 1.29 is 32.3 Å². The van der Waals surface area contributed by atoms with Crippen molar-refractivity contribution in [2.45, 2.75) is 44.6 Å². The van der Waals surface area contributed by atoms with E-state index in [4.69, 9.17) is 9.47 Å². The Bertz CT molecular complexity index is 1390. The Morgan fingerprint density at radius 3 is 2.37 bits per heavy atom. The summed E-state index contributed by atoms with van der Waals surface area (Å²) in [4.78, 5) is 43.7. The molecular formula is C28H36N4O7S2. The first-order valence-electron chi connectivity index (χ1n) is 14.0. The van der Waals surface area contributed by atoms with Gasteiger partial charge in [-0.2, -0.15) is 4.31 Å². The van der Waals surface area contributed by atoms with Crippen LogP contribution in [0.15, 0.2) is 29.2 Å². The van der Waals surface area contributed by atoms with Crippen molar-refractivity contribution in [3.8, 4) is 0 Å². The normalized spacial score (nSPS) is 18.6. The molecule has 2 aromatic rings. The van der Waals surface area contributed by atoms with Crippen molar-refractivity contribution >= 4 is 44.3 Å². The standard InChI is InChI=1S/C28H36N4O7S2/c1-3-39-28(35)31-11-10-22-23(18-31)40-26(24(22)27(34)30-14-16-38-17-15-30)29-25(33)20-4-6-21(7-5-20)41(36,37)32-12-8-19(2)9-13-32/h4-7,19H,3,8-18H2,1-2H3,(H,29,33). The number of thiophene rings is 1. The molecule has 0 radical (unpaired) electrons. The number of nitrogens with zero attached hydrogens (tertiary/aromatic N) is 3. The molecule has 1 N–H and O–H groups in total. The average molecular weight is 605 g/mol. The van der Waals surface area contributed by atoms with E-state index >= 15 is 0 Å². The highest BCUT2D eigenvalue weighted by molar-refractivity contribution is 7.89. The molecule has 222 valence electrons. The van der Waals surface area contributed by atoms with E-state index in [2.05, 4.69) is 12.2 Å². The third-order valence-corrected chi connectivity index (χ3v) is 10.9. The SMILES string of the molecule is CCOC(=O)N1CCc2c(sc(NC(=O)c3ccc(S(=O)(=O)N4CCC(C)CC4)cc3)c2C(=O)N2CCOCC2)C1. The van der Waals surface area contributed by atoms with Crippen LogP contribution in [0, 0.1) is 5.92 Å². The summed E-state index contributed by atoms with van der Waals surface area (Å²) >= 11 is 1.28. The minimum atomic E-state index is -3.63. The molecule has 11 nitrogen and oxygen atoms in total. The van der Waals surface area contributed by atoms with Crippen LogP contribution in [0.25, 0.3) is 0 Å². The number of anilines is 1. The van der Waals surface area contributed by atoms with Gasteiger partial charge in [-0.25, -0.2) is 13.2 Å². The van der Waals surface area contributed by atoms with Crippen LogP contribution in [0.3, 0.4) is 0 Å². The van der Waals surface area contributed by atoms with E-state index < -0.39 is 22.0 Å². The number of hydrogen-bond donors (Lipinski definition) is 1. The second-order valence-electron chi connectivity index (χ2n) is 10.5. The summed E-state index contributed by atoms with van der Waals surface area (Å²) in [6, 6.07) is 5.90. The minimum absolute atomic E-state index is 0.150. The molecule has 1 aromatic carbocycles. The number of carbonyl (C=O) groups excluding carboxylic acids is 3. The van der Waals surface area contributed by atoms with E-state index in [1.165, 1.54) is 39.9 Å². The van der Waals surface area contributed by atoms with E-state index in [1.54, 1.807) is 16.7 Å². The molecule has 5 rings (SSSR count). The lowest BCUT2D eigenvalue weighted by Gasteiger charge is -2.29. The van der Waals surface area contributed by atoms with Gasteiger partial charge in [-0.1, -0.05) is 6.92 Å². The van der Waals surface area contributed by atoms with Gasteiger partial charge in [-0.15, -0.1) is 11.3 Å². The van der Waals surface area contributed by atoms with Gasteiger partial charge in [-0.3, -0.25) is 9.59 Å². The summed E-state index contributed by atoms with van der Waals surface area (Å²) in [6.45, 7) is 7.63. The molecule has 3 amide bonds. The summed E-state index contributed by atoms with van der Waals surface area (Å²) in [7, 11) is -3.63. The molecule has 4 heterocycles. The topological polar surface area (TPSA) is 126 Å². The van der Waals surface area contributed by atoms with Gasteiger partial charge in [0, 0.05) is 43.2 Å². The number of benzene rings is 1. The number of carbonyl (C=O) groups is 3. The number of ether oxygens (including phenoxy) is 2. The molecule has 2 saturated heterocycles. The number of nitrogens with one attached hydrogen (secondary N) is 1. The fraction of sp³-hybridized carbons (Fsp3) is 0.536. The summed E-state index contributed by atoms with van der Waals surface area (Å²) < 4.78 is 38.3.